The number of hydrogen-bond donors (Lipinski definition) is 1. The van der Waals surface area contributed by atoms with Crippen LogP contribution in [0.5, 0.6) is 0 Å². The van der Waals surface area contributed by atoms with Gasteiger partial charge in [0.15, 0.2) is 0 Å². The predicted molar refractivity (Wildman–Crippen MR) is 87.5 cm³/mol. The first-order chi connectivity index (χ1) is 9.99. The molecule has 21 heavy (non-hydrogen) atoms. The van der Waals surface area contributed by atoms with E-state index >= 15 is 0 Å². The van der Waals surface area contributed by atoms with E-state index in [4.69, 9.17) is 23.2 Å². The van der Waals surface area contributed by atoms with E-state index in [9.17, 15) is 8.42 Å². The summed E-state index contributed by atoms with van der Waals surface area (Å²) in [6.07, 6.45) is 8.44. The van der Waals surface area contributed by atoms with E-state index < -0.39 is 10.0 Å². The molecule has 2 rings (SSSR count). The fourth-order valence-corrected chi connectivity index (χ4v) is 4.62. The Morgan fingerprint density at radius 2 is 1.76 bits per heavy atom. The predicted octanol–water partition coefficient (Wildman–Crippen LogP) is 4.63. The van der Waals surface area contributed by atoms with Crippen molar-refractivity contribution in [2.24, 2.45) is 5.92 Å². The van der Waals surface area contributed by atoms with E-state index in [0.29, 0.717) is 17.5 Å². The van der Waals surface area contributed by atoms with Gasteiger partial charge >= 0.3 is 0 Å². The van der Waals surface area contributed by atoms with Gasteiger partial charge in [0, 0.05) is 11.6 Å². The van der Waals surface area contributed by atoms with Gasteiger partial charge in [-0.05, 0) is 30.5 Å². The Balaban J connectivity index is 1.93. The molecule has 1 aromatic rings. The Morgan fingerprint density at radius 1 is 1.10 bits per heavy atom. The standard InChI is InChI=1S/C15H21Cl2NO2S/c16-13-7-8-14(17)15(11-13)21(19,20)18-10-9-12-5-3-1-2-4-6-12/h7-8,11-12,18H,1-6,9-10H2. The largest absolute Gasteiger partial charge is 0.242 e. The zero-order valence-electron chi connectivity index (χ0n) is 11.9. The quantitative estimate of drug-likeness (QED) is 0.787. The molecule has 0 aliphatic heterocycles. The Hall–Kier alpha value is -0.290. The zero-order valence-corrected chi connectivity index (χ0v) is 14.3. The third-order valence-electron chi connectivity index (χ3n) is 4.00. The Kier molecular flexibility index (Phi) is 6.35. The normalized spacial score (nSPS) is 17.6. The molecule has 0 bridgehead atoms. The van der Waals surface area contributed by atoms with Crippen LogP contribution >= 0.6 is 23.2 Å². The lowest BCUT2D eigenvalue weighted by Crippen LogP contribution is -2.26. The Labute approximate surface area is 137 Å². The topological polar surface area (TPSA) is 46.2 Å². The molecule has 0 radical (unpaired) electrons. The van der Waals surface area contributed by atoms with Crippen molar-refractivity contribution in [2.75, 3.05) is 6.54 Å². The van der Waals surface area contributed by atoms with Gasteiger partial charge in [0.05, 0.1) is 5.02 Å². The average Bonchev–Trinajstić information content (AvgIpc) is 2.70. The molecule has 1 aromatic carbocycles. The van der Waals surface area contributed by atoms with Crippen molar-refractivity contribution < 1.29 is 8.42 Å². The number of nitrogens with one attached hydrogen (secondary N) is 1. The van der Waals surface area contributed by atoms with Gasteiger partial charge in [-0.2, -0.15) is 0 Å². The van der Waals surface area contributed by atoms with Crippen LogP contribution in [0.2, 0.25) is 10.0 Å². The second kappa shape index (κ2) is 7.82. The highest BCUT2D eigenvalue weighted by Gasteiger charge is 2.19. The molecule has 1 aliphatic rings. The number of rotatable bonds is 5. The van der Waals surface area contributed by atoms with Gasteiger partial charge in [-0.1, -0.05) is 61.7 Å². The number of benzene rings is 1. The van der Waals surface area contributed by atoms with Crippen molar-refractivity contribution in [2.45, 2.75) is 49.8 Å². The lowest BCUT2D eigenvalue weighted by Gasteiger charge is -2.14. The molecule has 0 saturated heterocycles. The Bertz CT molecular complexity index is 567. The third kappa shape index (κ3) is 5.13. The minimum atomic E-state index is -3.59. The van der Waals surface area contributed by atoms with E-state index in [1.807, 2.05) is 0 Å². The monoisotopic (exact) mass is 349 g/mol. The highest BCUT2D eigenvalue weighted by Crippen LogP contribution is 2.26. The van der Waals surface area contributed by atoms with E-state index in [0.717, 1.165) is 6.42 Å². The molecular formula is C15H21Cl2NO2S. The first kappa shape index (κ1) is 17.1. The molecule has 0 atom stereocenters. The van der Waals surface area contributed by atoms with Crippen molar-refractivity contribution in [1.29, 1.82) is 0 Å². The summed E-state index contributed by atoms with van der Waals surface area (Å²) < 4.78 is 27.2. The van der Waals surface area contributed by atoms with Crippen LogP contribution in [0, 0.1) is 5.92 Å². The second-order valence-corrected chi connectivity index (χ2v) is 8.20. The molecule has 1 fully saturated rings. The summed E-state index contributed by atoms with van der Waals surface area (Å²) in [7, 11) is -3.59. The number of hydrogen-bond acceptors (Lipinski definition) is 2. The summed E-state index contributed by atoms with van der Waals surface area (Å²) in [6.45, 7) is 0.454. The number of halogens is 2. The average molecular weight is 350 g/mol. The summed E-state index contributed by atoms with van der Waals surface area (Å²) in [5.41, 5.74) is 0. The third-order valence-corrected chi connectivity index (χ3v) is 6.18. The molecule has 1 aliphatic carbocycles. The van der Waals surface area contributed by atoms with E-state index in [1.165, 1.54) is 50.7 Å². The maximum absolute atomic E-state index is 12.3. The van der Waals surface area contributed by atoms with Gasteiger partial charge in [-0.15, -0.1) is 0 Å². The van der Waals surface area contributed by atoms with Crippen LogP contribution < -0.4 is 4.72 Å². The minimum absolute atomic E-state index is 0.0533. The maximum Gasteiger partial charge on any atom is 0.242 e. The van der Waals surface area contributed by atoms with Crippen LogP contribution in [-0.4, -0.2) is 15.0 Å². The first-order valence-corrected chi connectivity index (χ1v) is 9.67. The van der Waals surface area contributed by atoms with Crippen LogP contribution in [0.3, 0.4) is 0 Å². The summed E-state index contributed by atoms with van der Waals surface area (Å²) in [5.74, 6) is 0.630. The molecule has 3 nitrogen and oxygen atoms in total. The first-order valence-electron chi connectivity index (χ1n) is 7.44. The van der Waals surface area contributed by atoms with Crippen LogP contribution in [0.25, 0.3) is 0 Å². The van der Waals surface area contributed by atoms with Crippen LogP contribution in [0.4, 0.5) is 0 Å². The molecule has 0 amide bonds. The van der Waals surface area contributed by atoms with Gasteiger partial charge in [0.1, 0.15) is 4.90 Å². The fraction of sp³-hybridized carbons (Fsp3) is 0.600. The van der Waals surface area contributed by atoms with E-state index in [-0.39, 0.29) is 9.92 Å². The van der Waals surface area contributed by atoms with E-state index in [2.05, 4.69) is 4.72 Å². The lowest BCUT2D eigenvalue weighted by molar-refractivity contribution is 0.427. The molecule has 0 heterocycles. The molecule has 1 saturated carbocycles. The summed E-state index contributed by atoms with van der Waals surface area (Å²) in [4.78, 5) is 0.0533. The highest BCUT2D eigenvalue weighted by atomic mass is 35.5. The van der Waals surface area contributed by atoms with E-state index in [1.54, 1.807) is 6.07 Å². The number of sulfonamides is 1. The molecule has 0 unspecified atom stereocenters. The molecule has 1 N–H and O–H groups in total. The van der Waals surface area contributed by atoms with Gasteiger partial charge < -0.3 is 0 Å². The van der Waals surface area contributed by atoms with Crippen LogP contribution in [-0.2, 0) is 10.0 Å². The molecule has 0 aromatic heterocycles. The SMILES string of the molecule is O=S(=O)(NCCC1CCCCCC1)c1cc(Cl)ccc1Cl. The lowest BCUT2D eigenvalue weighted by atomic mass is 9.97. The molecule has 118 valence electrons. The highest BCUT2D eigenvalue weighted by molar-refractivity contribution is 7.89. The minimum Gasteiger partial charge on any atom is -0.211 e. The smallest absolute Gasteiger partial charge is 0.211 e. The zero-order chi connectivity index (χ0) is 15.3. The van der Waals surface area contributed by atoms with Crippen molar-refractivity contribution in [3.05, 3.63) is 28.2 Å². The van der Waals surface area contributed by atoms with Gasteiger partial charge in [-0.3, -0.25) is 0 Å². The fourth-order valence-electron chi connectivity index (χ4n) is 2.81. The van der Waals surface area contributed by atoms with Crippen molar-refractivity contribution in [1.82, 2.24) is 4.72 Å². The summed E-state index contributed by atoms with van der Waals surface area (Å²) in [6, 6.07) is 4.47. The molecule has 6 heteroatoms. The molecular weight excluding hydrogens is 329 g/mol. The van der Waals surface area contributed by atoms with Crippen molar-refractivity contribution >= 4 is 33.2 Å². The molecule has 0 spiro atoms. The van der Waals surface area contributed by atoms with Gasteiger partial charge in [-0.25, -0.2) is 13.1 Å². The Morgan fingerprint density at radius 3 is 2.43 bits per heavy atom. The van der Waals surface area contributed by atoms with Crippen molar-refractivity contribution in [3.63, 3.8) is 0 Å². The maximum atomic E-state index is 12.3. The van der Waals surface area contributed by atoms with Crippen molar-refractivity contribution in [3.8, 4) is 0 Å². The summed E-state index contributed by atoms with van der Waals surface area (Å²) >= 11 is 11.8. The van der Waals surface area contributed by atoms with Crippen LogP contribution in [0.15, 0.2) is 23.1 Å². The van der Waals surface area contributed by atoms with Gasteiger partial charge in [0.2, 0.25) is 10.0 Å². The summed E-state index contributed by atoms with van der Waals surface area (Å²) in [5, 5.41) is 0.560. The second-order valence-electron chi connectivity index (χ2n) is 5.62. The van der Waals surface area contributed by atoms with Gasteiger partial charge in [0.25, 0.3) is 0 Å². The van der Waals surface area contributed by atoms with Crippen LogP contribution in [0.1, 0.15) is 44.9 Å².